The summed E-state index contributed by atoms with van der Waals surface area (Å²) in [5, 5.41) is 0. The van der Waals surface area contributed by atoms with E-state index in [9.17, 15) is 0 Å². The lowest BCUT2D eigenvalue weighted by Gasteiger charge is -2.14. The van der Waals surface area contributed by atoms with Crippen molar-refractivity contribution in [3.8, 4) is 0 Å². The van der Waals surface area contributed by atoms with Crippen molar-refractivity contribution in [1.29, 1.82) is 0 Å². The number of fused-ring (bicyclic) bond motifs is 1. The van der Waals surface area contributed by atoms with E-state index in [0.717, 1.165) is 45.9 Å². The van der Waals surface area contributed by atoms with E-state index in [2.05, 4.69) is 34.3 Å². The Balaban J connectivity index is 2.21. The highest BCUT2D eigenvalue weighted by molar-refractivity contribution is 5.93. The van der Waals surface area contributed by atoms with Crippen molar-refractivity contribution in [3.05, 3.63) is 77.3 Å². The van der Waals surface area contributed by atoms with Crippen LogP contribution in [0.4, 0.5) is 5.69 Å². The van der Waals surface area contributed by atoms with Gasteiger partial charge in [-0.3, -0.25) is 0 Å². The average Bonchev–Trinajstić information content (AvgIpc) is 2.92. The zero-order chi connectivity index (χ0) is 18.8. The maximum absolute atomic E-state index is 6.34. The number of imidazole rings is 1. The van der Waals surface area contributed by atoms with Gasteiger partial charge in [-0.05, 0) is 49.6 Å². The summed E-state index contributed by atoms with van der Waals surface area (Å²) in [5.41, 5.74) is 13.0. The molecular weight excluding hydrogens is 322 g/mol. The van der Waals surface area contributed by atoms with Crippen LogP contribution in [-0.4, -0.2) is 16.7 Å². The van der Waals surface area contributed by atoms with Crippen molar-refractivity contribution in [2.24, 2.45) is 0 Å². The fourth-order valence-electron chi connectivity index (χ4n) is 3.33. The molecule has 4 nitrogen and oxygen atoms in total. The standard InChI is InChI=1S/C22H25N3O/c1-14(2)21(15(3)26-5)18-11-19(23)22-20(12-18)25(16(4)24-22)13-17-9-7-6-8-10-17/h6-12H,1,13,23H2,2-5H3/b21-15+. The maximum atomic E-state index is 6.34. The second kappa shape index (κ2) is 7.08. The van der Waals surface area contributed by atoms with Crippen molar-refractivity contribution in [3.63, 3.8) is 0 Å². The van der Waals surface area contributed by atoms with Crippen molar-refractivity contribution < 1.29 is 4.74 Å². The SMILES string of the molecule is C=C(C)/C(=C(/C)OC)c1cc(N)c2nc(C)n(Cc3ccccc3)c2c1. The molecule has 134 valence electrons. The number of allylic oxidation sites excluding steroid dienone is 3. The summed E-state index contributed by atoms with van der Waals surface area (Å²) in [7, 11) is 1.67. The number of hydrogen-bond acceptors (Lipinski definition) is 3. The van der Waals surface area contributed by atoms with Crippen LogP contribution in [0.2, 0.25) is 0 Å². The first-order chi connectivity index (χ1) is 12.4. The van der Waals surface area contributed by atoms with E-state index in [4.69, 9.17) is 10.5 Å². The van der Waals surface area contributed by atoms with Crippen LogP contribution >= 0.6 is 0 Å². The molecule has 0 saturated heterocycles. The Hall–Kier alpha value is -3.01. The van der Waals surface area contributed by atoms with Gasteiger partial charge in [-0.15, -0.1) is 0 Å². The summed E-state index contributed by atoms with van der Waals surface area (Å²) in [5.74, 6) is 1.76. The average molecular weight is 347 g/mol. The number of aromatic nitrogens is 2. The fourth-order valence-corrected chi connectivity index (χ4v) is 3.33. The van der Waals surface area contributed by atoms with E-state index in [0.29, 0.717) is 5.69 Å². The van der Waals surface area contributed by atoms with E-state index in [1.807, 2.05) is 45.0 Å². The summed E-state index contributed by atoms with van der Waals surface area (Å²) in [6.07, 6.45) is 0. The third-order valence-corrected chi connectivity index (χ3v) is 4.63. The molecule has 0 aliphatic rings. The highest BCUT2D eigenvalue weighted by Crippen LogP contribution is 2.32. The van der Waals surface area contributed by atoms with Gasteiger partial charge in [-0.2, -0.15) is 0 Å². The van der Waals surface area contributed by atoms with E-state index in [1.54, 1.807) is 7.11 Å². The molecule has 0 amide bonds. The van der Waals surface area contributed by atoms with E-state index < -0.39 is 0 Å². The molecule has 0 bridgehead atoms. The molecule has 0 atom stereocenters. The lowest BCUT2D eigenvalue weighted by Crippen LogP contribution is -2.02. The van der Waals surface area contributed by atoms with Crippen LogP contribution in [0, 0.1) is 6.92 Å². The zero-order valence-electron chi connectivity index (χ0n) is 15.8. The van der Waals surface area contributed by atoms with Crippen molar-refractivity contribution in [2.45, 2.75) is 27.3 Å². The summed E-state index contributed by atoms with van der Waals surface area (Å²) in [4.78, 5) is 4.69. The van der Waals surface area contributed by atoms with Gasteiger partial charge in [0.05, 0.1) is 18.3 Å². The monoisotopic (exact) mass is 347 g/mol. The van der Waals surface area contributed by atoms with E-state index in [-0.39, 0.29) is 0 Å². The second-order valence-corrected chi connectivity index (χ2v) is 6.58. The van der Waals surface area contributed by atoms with Crippen LogP contribution in [0.25, 0.3) is 16.6 Å². The third-order valence-electron chi connectivity index (χ3n) is 4.63. The summed E-state index contributed by atoms with van der Waals surface area (Å²) >= 11 is 0. The predicted molar refractivity (Wildman–Crippen MR) is 109 cm³/mol. The van der Waals surface area contributed by atoms with Crippen LogP contribution in [0.3, 0.4) is 0 Å². The minimum atomic E-state index is 0.662. The molecule has 0 fully saturated rings. The molecule has 0 unspecified atom stereocenters. The van der Waals surface area contributed by atoms with Gasteiger partial charge in [0.25, 0.3) is 0 Å². The van der Waals surface area contributed by atoms with Crippen LogP contribution < -0.4 is 5.73 Å². The van der Waals surface area contributed by atoms with Crippen molar-refractivity contribution in [2.75, 3.05) is 12.8 Å². The Morgan fingerprint density at radius 2 is 1.88 bits per heavy atom. The molecule has 0 radical (unpaired) electrons. The largest absolute Gasteiger partial charge is 0.501 e. The molecule has 26 heavy (non-hydrogen) atoms. The lowest BCUT2D eigenvalue weighted by atomic mass is 9.97. The van der Waals surface area contributed by atoms with Gasteiger partial charge in [-0.1, -0.05) is 36.9 Å². The topological polar surface area (TPSA) is 53.1 Å². The Kier molecular flexibility index (Phi) is 4.85. The van der Waals surface area contributed by atoms with Crippen LogP contribution in [0.5, 0.6) is 0 Å². The smallest absolute Gasteiger partial charge is 0.112 e. The highest BCUT2D eigenvalue weighted by atomic mass is 16.5. The molecule has 0 spiro atoms. The van der Waals surface area contributed by atoms with Gasteiger partial charge in [0.2, 0.25) is 0 Å². The van der Waals surface area contributed by atoms with Gasteiger partial charge < -0.3 is 15.0 Å². The van der Waals surface area contributed by atoms with E-state index in [1.165, 1.54) is 5.56 Å². The molecule has 3 aromatic rings. The maximum Gasteiger partial charge on any atom is 0.112 e. The van der Waals surface area contributed by atoms with Crippen molar-refractivity contribution >= 4 is 22.3 Å². The number of ether oxygens (including phenoxy) is 1. The van der Waals surface area contributed by atoms with Gasteiger partial charge in [0, 0.05) is 12.1 Å². The number of anilines is 1. The molecule has 2 N–H and O–H groups in total. The Morgan fingerprint density at radius 1 is 1.19 bits per heavy atom. The number of nitrogens with two attached hydrogens (primary N) is 1. The molecule has 0 aliphatic carbocycles. The highest BCUT2D eigenvalue weighted by Gasteiger charge is 2.15. The van der Waals surface area contributed by atoms with E-state index >= 15 is 0 Å². The third kappa shape index (κ3) is 3.23. The molecule has 1 aromatic heterocycles. The Labute approximate surface area is 154 Å². The number of nitrogens with zero attached hydrogens (tertiary/aromatic N) is 2. The first-order valence-corrected chi connectivity index (χ1v) is 8.63. The number of hydrogen-bond donors (Lipinski definition) is 1. The molecule has 4 heteroatoms. The summed E-state index contributed by atoms with van der Waals surface area (Å²) < 4.78 is 7.66. The number of rotatable bonds is 5. The molecule has 3 rings (SSSR count). The first-order valence-electron chi connectivity index (χ1n) is 8.63. The molecule has 0 saturated carbocycles. The fraction of sp³-hybridized carbons (Fsp3) is 0.227. The molecule has 2 aromatic carbocycles. The minimum Gasteiger partial charge on any atom is -0.501 e. The van der Waals surface area contributed by atoms with Crippen LogP contribution in [-0.2, 0) is 11.3 Å². The van der Waals surface area contributed by atoms with Crippen molar-refractivity contribution in [1.82, 2.24) is 9.55 Å². The zero-order valence-corrected chi connectivity index (χ0v) is 15.8. The molecule has 0 aliphatic heterocycles. The predicted octanol–water partition coefficient (Wildman–Crippen LogP) is 4.93. The van der Waals surface area contributed by atoms with Crippen LogP contribution in [0.15, 0.2) is 60.4 Å². The number of methoxy groups -OCH3 is 1. The van der Waals surface area contributed by atoms with Gasteiger partial charge in [-0.25, -0.2) is 4.98 Å². The Morgan fingerprint density at radius 3 is 2.50 bits per heavy atom. The molecular formula is C22H25N3O. The second-order valence-electron chi connectivity index (χ2n) is 6.58. The Bertz CT molecular complexity index is 997. The summed E-state index contributed by atoms with van der Waals surface area (Å²) in [6.45, 7) is 10.8. The van der Waals surface area contributed by atoms with Gasteiger partial charge >= 0.3 is 0 Å². The quantitative estimate of drug-likeness (QED) is 0.404. The summed E-state index contributed by atoms with van der Waals surface area (Å²) in [6, 6.07) is 14.4. The first kappa shape index (κ1) is 17.8. The lowest BCUT2D eigenvalue weighted by molar-refractivity contribution is 0.296. The molecule has 1 heterocycles. The number of nitrogen functional groups attached to an aromatic ring is 1. The number of benzene rings is 2. The van der Waals surface area contributed by atoms with Crippen LogP contribution in [0.1, 0.15) is 30.8 Å². The van der Waals surface area contributed by atoms with Gasteiger partial charge in [0.1, 0.15) is 17.1 Å². The van der Waals surface area contributed by atoms with Gasteiger partial charge in [0.15, 0.2) is 0 Å². The minimum absolute atomic E-state index is 0.662. The normalized spacial score (nSPS) is 12.2. The number of aryl methyl sites for hydroxylation is 1.